The summed E-state index contributed by atoms with van der Waals surface area (Å²) in [4.78, 5) is 38.9. The lowest BCUT2D eigenvalue weighted by Crippen LogP contribution is -2.50. The molecule has 1 unspecified atom stereocenters. The normalized spacial score (nSPS) is 14.1. The van der Waals surface area contributed by atoms with Crippen molar-refractivity contribution in [2.75, 3.05) is 29.9 Å². The molecule has 0 saturated carbocycles. The fraction of sp³-hybridized carbons (Fsp3) is 0.270. The van der Waals surface area contributed by atoms with E-state index in [0.717, 1.165) is 31.4 Å². The van der Waals surface area contributed by atoms with Crippen molar-refractivity contribution in [2.45, 2.75) is 49.3 Å². The van der Waals surface area contributed by atoms with Gasteiger partial charge >= 0.3 is 12.1 Å². The predicted molar refractivity (Wildman–Crippen MR) is 186 cm³/mol. The Kier molecular flexibility index (Phi) is 12.1. The smallest absolute Gasteiger partial charge is 0.416 e. The average molecular weight is 740 g/mol. The van der Waals surface area contributed by atoms with Crippen molar-refractivity contribution in [1.82, 2.24) is 4.72 Å². The van der Waals surface area contributed by atoms with Crippen LogP contribution in [0.5, 0.6) is 11.5 Å². The first kappa shape index (κ1) is 37.7. The maximum atomic E-state index is 13.3. The Balaban J connectivity index is 1.26. The van der Waals surface area contributed by atoms with E-state index in [9.17, 15) is 36.0 Å². The van der Waals surface area contributed by atoms with E-state index in [2.05, 4.69) is 17.4 Å². The van der Waals surface area contributed by atoms with E-state index in [1.807, 2.05) is 22.9 Å². The minimum atomic E-state index is -4.69. The standard InChI is InChI=1S/C37H36F3N3O8S/c38-37(39,40)27-16-20-29(21-17-27)52(48,49)42-36(47)32-24-43(22-7-13-33(44)45)31-12-6-11-30(34(31)51-32)41-35(46)26-14-18-28(19-15-26)50-23-5-4-10-25-8-2-1-3-9-25/h1-3,6,8-9,11-12,14-21,32H,4-5,7,10,13,22-24H2,(H,41,46)(H,42,47)(H,44,45). The number of alkyl halides is 3. The molecule has 0 fully saturated rings. The number of nitrogens with one attached hydrogen (secondary N) is 2. The first-order valence-electron chi connectivity index (χ1n) is 16.4. The molecular weight excluding hydrogens is 703 g/mol. The van der Waals surface area contributed by atoms with Crippen LogP contribution in [0.25, 0.3) is 0 Å². The zero-order valence-electron chi connectivity index (χ0n) is 27.8. The molecule has 3 N–H and O–H groups in total. The zero-order chi connectivity index (χ0) is 37.3. The maximum absolute atomic E-state index is 13.3. The van der Waals surface area contributed by atoms with Crippen molar-refractivity contribution in [3.8, 4) is 11.5 Å². The van der Waals surface area contributed by atoms with Crippen molar-refractivity contribution in [1.29, 1.82) is 0 Å². The third-order valence-corrected chi connectivity index (χ3v) is 9.52. The fourth-order valence-corrected chi connectivity index (χ4v) is 6.50. The van der Waals surface area contributed by atoms with Crippen LogP contribution >= 0.6 is 0 Å². The second-order valence-corrected chi connectivity index (χ2v) is 13.6. The number of hydrogen-bond donors (Lipinski definition) is 3. The van der Waals surface area contributed by atoms with Gasteiger partial charge < -0.3 is 24.8 Å². The summed E-state index contributed by atoms with van der Waals surface area (Å²) in [6, 6.07) is 24.1. The molecule has 0 aromatic heterocycles. The molecule has 15 heteroatoms. The molecule has 1 heterocycles. The first-order chi connectivity index (χ1) is 24.8. The van der Waals surface area contributed by atoms with Gasteiger partial charge in [-0.25, -0.2) is 13.1 Å². The van der Waals surface area contributed by atoms with Crippen LogP contribution in [0.1, 0.15) is 47.2 Å². The van der Waals surface area contributed by atoms with Crippen LogP contribution < -0.4 is 24.4 Å². The number of ether oxygens (including phenoxy) is 2. The monoisotopic (exact) mass is 739 g/mol. The number of sulfonamides is 1. The van der Waals surface area contributed by atoms with E-state index in [1.165, 1.54) is 11.6 Å². The summed E-state index contributed by atoms with van der Waals surface area (Å²) in [7, 11) is -4.61. The molecule has 0 radical (unpaired) electrons. The Morgan fingerprint density at radius 3 is 2.27 bits per heavy atom. The van der Waals surface area contributed by atoms with Crippen molar-refractivity contribution < 1.29 is 50.6 Å². The highest BCUT2D eigenvalue weighted by atomic mass is 32.2. The number of rotatable bonds is 15. The van der Waals surface area contributed by atoms with E-state index in [0.29, 0.717) is 35.7 Å². The van der Waals surface area contributed by atoms with Gasteiger partial charge in [-0.3, -0.25) is 14.4 Å². The van der Waals surface area contributed by atoms with Crippen LogP contribution in [0.15, 0.2) is 102 Å². The number of carboxylic acid groups (broad SMARTS) is 1. The molecule has 0 bridgehead atoms. The summed E-state index contributed by atoms with van der Waals surface area (Å²) >= 11 is 0. The van der Waals surface area contributed by atoms with Gasteiger partial charge in [-0.15, -0.1) is 0 Å². The number of para-hydroxylation sites is 1. The second-order valence-electron chi connectivity index (χ2n) is 12.0. The van der Waals surface area contributed by atoms with Crippen LogP contribution in [0.3, 0.4) is 0 Å². The van der Waals surface area contributed by atoms with Gasteiger partial charge in [0, 0.05) is 18.5 Å². The number of fused-ring (bicyclic) bond motifs is 1. The van der Waals surface area contributed by atoms with Crippen molar-refractivity contribution >= 4 is 39.2 Å². The Hall–Kier alpha value is -5.57. The minimum absolute atomic E-state index is 0.0416. The number of carbonyl (C=O) groups excluding carboxylic acids is 2. The van der Waals surface area contributed by atoms with Crippen molar-refractivity contribution in [3.63, 3.8) is 0 Å². The lowest BCUT2D eigenvalue weighted by Gasteiger charge is -2.36. The molecule has 4 aromatic carbocycles. The molecule has 0 spiro atoms. The highest BCUT2D eigenvalue weighted by Gasteiger charge is 2.35. The van der Waals surface area contributed by atoms with Gasteiger partial charge in [0.25, 0.3) is 21.8 Å². The number of nitrogens with zero attached hydrogens (tertiary/aromatic N) is 1. The Labute approximate surface area is 298 Å². The summed E-state index contributed by atoms with van der Waals surface area (Å²) in [6.07, 6.45) is -3.41. The number of halogens is 3. The highest BCUT2D eigenvalue weighted by molar-refractivity contribution is 7.90. The Morgan fingerprint density at radius 2 is 1.60 bits per heavy atom. The van der Waals surface area contributed by atoms with Gasteiger partial charge in [0.2, 0.25) is 0 Å². The van der Waals surface area contributed by atoms with Gasteiger partial charge in [0.1, 0.15) is 5.75 Å². The van der Waals surface area contributed by atoms with Crippen LogP contribution in [0.4, 0.5) is 24.5 Å². The van der Waals surface area contributed by atoms with E-state index >= 15 is 0 Å². The predicted octanol–water partition coefficient (Wildman–Crippen LogP) is 6.30. The fourth-order valence-electron chi connectivity index (χ4n) is 5.49. The molecule has 1 atom stereocenters. The van der Waals surface area contributed by atoms with Gasteiger partial charge in [0.15, 0.2) is 11.9 Å². The molecule has 1 aliphatic rings. The summed E-state index contributed by atoms with van der Waals surface area (Å²) in [5.41, 5.74) is 1.07. The number of amides is 2. The quantitative estimate of drug-likeness (QED) is 0.119. The largest absolute Gasteiger partial charge is 0.494 e. The second kappa shape index (κ2) is 16.6. The van der Waals surface area contributed by atoms with E-state index in [-0.39, 0.29) is 37.4 Å². The molecular formula is C37H36F3N3O8S. The van der Waals surface area contributed by atoms with E-state index < -0.39 is 50.5 Å². The third-order valence-electron chi connectivity index (χ3n) is 8.16. The molecule has 1 aliphatic heterocycles. The van der Waals surface area contributed by atoms with Crippen LogP contribution in [-0.4, -0.2) is 57.1 Å². The van der Waals surface area contributed by atoms with Crippen LogP contribution in [0.2, 0.25) is 0 Å². The molecule has 11 nitrogen and oxygen atoms in total. The van der Waals surface area contributed by atoms with E-state index in [1.54, 1.807) is 41.3 Å². The SMILES string of the molecule is O=C(O)CCCN1CC(C(=O)NS(=O)(=O)c2ccc(C(F)(F)F)cc2)Oc2c(NC(=O)c3ccc(OCCCCc4ccccc4)cc3)cccc21. The van der Waals surface area contributed by atoms with E-state index in [4.69, 9.17) is 14.6 Å². The first-order valence-corrected chi connectivity index (χ1v) is 17.9. The lowest BCUT2D eigenvalue weighted by atomic mass is 10.1. The minimum Gasteiger partial charge on any atom is -0.494 e. The molecule has 0 saturated heterocycles. The molecule has 4 aromatic rings. The summed E-state index contributed by atoms with van der Waals surface area (Å²) in [5.74, 6) is -2.04. The summed E-state index contributed by atoms with van der Waals surface area (Å²) < 4.78 is 78.5. The van der Waals surface area contributed by atoms with Gasteiger partial charge in [-0.1, -0.05) is 36.4 Å². The molecule has 5 rings (SSSR count). The zero-order valence-corrected chi connectivity index (χ0v) is 28.6. The summed E-state index contributed by atoms with van der Waals surface area (Å²) in [6.45, 7) is 0.463. The lowest BCUT2D eigenvalue weighted by molar-refractivity contribution is -0.138. The number of anilines is 2. The highest BCUT2D eigenvalue weighted by Crippen LogP contribution is 2.40. The Morgan fingerprint density at radius 1 is 0.885 bits per heavy atom. The average Bonchev–Trinajstić information content (AvgIpc) is 3.11. The maximum Gasteiger partial charge on any atom is 0.416 e. The number of hydrogen-bond acceptors (Lipinski definition) is 8. The van der Waals surface area contributed by atoms with Gasteiger partial charge in [0.05, 0.1) is 35.0 Å². The number of aliphatic carboxylic acids is 1. The summed E-state index contributed by atoms with van der Waals surface area (Å²) in [5, 5.41) is 11.9. The molecule has 2 amide bonds. The van der Waals surface area contributed by atoms with Gasteiger partial charge in [-0.2, -0.15) is 13.2 Å². The topological polar surface area (TPSA) is 151 Å². The number of benzene rings is 4. The van der Waals surface area contributed by atoms with Gasteiger partial charge in [-0.05, 0) is 91.9 Å². The number of unbranched alkanes of at least 4 members (excludes halogenated alkanes) is 1. The third kappa shape index (κ3) is 10.0. The molecule has 274 valence electrons. The number of carboxylic acids is 1. The Bertz CT molecular complexity index is 1970. The number of aryl methyl sites for hydroxylation is 1. The van der Waals surface area contributed by atoms with Crippen LogP contribution in [0, 0.1) is 0 Å². The molecule has 0 aliphatic carbocycles. The molecule has 52 heavy (non-hydrogen) atoms. The number of carbonyl (C=O) groups is 3. The van der Waals surface area contributed by atoms with Crippen molar-refractivity contribution in [2.24, 2.45) is 0 Å². The van der Waals surface area contributed by atoms with Crippen molar-refractivity contribution in [3.05, 3.63) is 114 Å². The van der Waals surface area contributed by atoms with Crippen LogP contribution in [-0.2, 0) is 32.2 Å².